The first-order valence-corrected chi connectivity index (χ1v) is 16.8. The SMILES string of the molecule is CCCCCCCCCCCCCCCCCCOCCOP(=O)(O)COCCn1cnc2c(N)ncnc21. The smallest absolute Gasteiger partial charge is 0.353 e. The van der Waals surface area contributed by atoms with Crippen LogP contribution in [0.3, 0.4) is 0 Å². The van der Waals surface area contributed by atoms with E-state index in [0.29, 0.717) is 36.7 Å². The zero-order chi connectivity index (χ0) is 28.0. The number of nitrogens with two attached hydrogens (primary N) is 1. The van der Waals surface area contributed by atoms with Gasteiger partial charge >= 0.3 is 7.60 Å². The lowest BCUT2D eigenvalue weighted by atomic mass is 10.0. The first kappa shape index (κ1) is 33.6. The van der Waals surface area contributed by atoms with Gasteiger partial charge in [0.1, 0.15) is 18.2 Å². The van der Waals surface area contributed by atoms with Crippen LogP contribution in [-0.4, -0.2) is 57.2 Å². The van der Waals surface area contributed by atoms with E-state index >= 15 is 0 Å². The van der Waals surface area contributed by atoms with Crippen molar-refractivity contribution in [2.45, 2.75) is 116 Å². The molecule has 2 heterocycles. The van der Waals surface area contributed by atoms with E-state index in [1.165, 1.54) is 96.2 Å². The average molecular weight is 570 g/mol. The number of anilines is 1. The molecule has 1 unspecified atom stereocenters. The predicted molar refractivity (Wildman–Crippen MR) is 157 cm³/mol. The number of hydrogen-bond acceptors (Lipinski definition) is 8. The molecule has 0 fully saturated rings. The Balaban J connectivity index is 1.32. The minimum Gasteiger partial charge on any atom is -0.382 e. The van der Waals surface area contributed by atoms with Gasteiger partial charge in [0.05, 0.1) is 26.1 Å². The fraction of sp³-hybridized carbons (Fsp3) is 0.821. The third-order valence-electron chi connectivity index (χ3n) is 6.82. The molecule has 0 saturated carbocycles. The lowest BCUT2D eigenvalue weighted by Gasteiger charge is -2.13. The summed E-state index contributed by atoms with van der Waals surface area (Å²) in [6, 6.07) is 0. The summed E-state index contributed by atoms with van der Waals surface area (Å²) in [7, 11) is -3.82. The summed E-state index contributed by atoms with van der Waals surface area (Å²) in [5.41, 5.74) is 6.89. The molecule has 0 radical (unpaired) electrons. The third-order valence-corrected chi connectivity index (χ3v) is 7.92. The van der Waals surface area contributed by atoms with E-state index in [9.17, 15) is 9.46 Å². The molecule has 3 N–H and O–H groups in total. The molecule has 2 aromatic rings. The highest BCUT2D eigenvalue weighted by molar-refractivity contribution is 7.52. The van der Waals surface area contributed by atoms with Crippen LogP contribution in [0.2, 0.25) is 0 Å². The number of imidazole rings is 1. The van der Waals surface area contributed by atoms with Gasteiger partial charge in [-0.05, 0) is 6.42 Å². The van der Waals surface area contributed by atoms with Gasteiger partial charge in [0.25, 0.3) is 0 Å². The molecule has 0 saturated heterocycles. The average Bonchev–Trinajstić information content (AvgIpc) is 3.34. The Kier molecular flexibility index (Phi) is 18.3. The molecule has 0 spiro atoms. The van der Waals surface area contributed by atoms with Crippen LogP contribution in [0.25, 0.3) is 11.2 Å². The molecule has 0 amide bonds. The van der Waals surface area contributed by atoms with Gasteiger partial charge in [-0.1, -0.05) is 103 Å². The van der Waals surface area contributed by atoms with Crippen LogP contribution in [0.15, 0.2) is 12.7 Å². The second kappa shape index (κ2) is 21.2. The molecule has 0 aliphatic rings. The first-order chi connectivity index (χ1) is 19.0. The van der Waals surface area contributed by atoms with Gasteiger partial charge < -0.3 is 29.2 Å². The summed E-state index contributed by atoms with van der Waals surface area (Å²) in [5, 5.41) is 0. The van der Waals surface area contributed by atoms with E-state index in [4.69, 9.17) is 19.7 Å². The van der Waals surface area contributed by atoms with Crippen molar-refractivity contribution in [1.29, 1.82) is 0 Å². The van der Waals surface area contributed by atoms with E-state index in [0.717, 1.165) is 12.8 Å². The van der Waals surface area contributed by atoms with Gasteiger partial charge in [0.2, 0.25) is 0 Å². The molecule has 224 valence electrons. The lowest BCUT2D eigenvalue weighted by Crippen LogP contribution is -2.09. The van der Waals surface area contributed by atoms with Gasteiger partial charge in [0.15, 0.2) is 11.5 Å². The van der Waals surface area contributed by atoms with Crippen molar-refractivity contribution in [1.82, 2.24) is 19.5 Å². The molecule has 2 rings (SSSR count). The van der Waals surface area contributed by atoms with Crippen LogP contribution in [0, 0.1) is 0 Å². The Labute approximate surface area is 235 Å². The second-order valence-corrected chi connectivity index (χ2v) is 12.1. The van der Waals surface area contributed by atoms with Crippen LogP contribution in [-0.2, 0) is 25.1 Å². The number of hydrogen-bond donors (Lipinski definition) is 2. The number of fused-ring (bicyclic) bond motifs is 1. The summed E-state index contributed by atoms with van der Waals surface area (Å²) in [6.45, 7) is 3.91. The van der Waals surface area contributed by atoms with Crippen molar-refractivity contribution in [3.8, 4) is 0 Å². The van der Waals surface area contributed by atoms with Crippen molar-refractivity contribution >= 4 is 24.6 Å². The molecule has 0 aliphatic carbocycles. The highest BCUT2D eigenvalue weighted by Crippen LogP contribution is 2.41. The molecule has 11 heteroatoms. The predicted octanol–water partition coefficient (Wildman–Crippen LogP) is 6.86. The van der Waals surface area contributed by atoms with Gasteiger partial charge in [-0.3, -0.25) is 4.57 Å². The number of unbranched alkanes of at least 4 members (excludes halogenated alkanes) is 15. The Bertz CT molecular complexity index is 929. The highest BCUT2D eigenvalue weighted by atomic mass is 31.2. The summed E-state index contributed by atoms with van der Waals surface area (Å²) in [5.74, 6) is 0.310. The van der Waals surface area contributed by atoms with Crippen molar-refractivity contribution < 1.29 is 23.5 Å². The Morgan fingerprint density at radius 1 is 0.769 bits per heavy atom. The quantitative estimate of drug-likeness (QED) is 0.0919. The normalized spacial score (nSPS) is 13.3. The Morgan fingerprint density at radius 3 is 1.97 bits per heavy atom. The van der Waals surface area contributed by atoms with Crippen LogP contribution in [0.4, 0.5) is 5.82 Å². The van der Waals surface area contributed by atoms with E-state index in [2.05, 4.69) is 21.9 Å². The van der Waals surface area contributed by atoms with Crippen LogP contribution >= 0.6 is 7.60 Å². The maximum atomic E-state index is 12.1. The van der Waals surface area contributed by atoms with Crippen molar-refractivity contribution in [2.24, 2.45) is 0 Å². The van der Waals surface area contributed by atoms with Crippen LogP contribution in [0.1, 0.15) is 110 Å². The molecule has 0 aromatic carbocycles. The summed E-state index contributed by atoms with van der Waals surface area (Å²) in [6.07, 6.45) is 24.0. The monoisotopic (exact) mass is 569 g/mol. The van der Waals surface area contributed by atoms with E-state index in [1.54, 1.807) is 10.9 Å². The molecular formula is C28H52N5O5P. The second-order valence-electron chi connectivity index (χ2n) is 10.3. The molecular weight excluding hydrogens is 517 g/mol. The number of nitrogen functional groups attached to an aromatic ring is 1. The van der Waals surface area contributed by atoms with E-state index < -0.39 is 7.60 Å². The van der Waals surface area contributed by atoms with E-state index in [-0.39, 0.29) is 19.6 Å². The van der Waals surface area contributed by atoms with Gasteiger partial charge in [0, 0.05) is 13.2 Å². The topological polar surface area (TPSA) is 135 Å². The molecule has 39 heavy (non-hydrogen) atoms. The Hall–Kier alpha value is -1.58. The lowest BCUT2D eigenvalue weighted by molar-refractivity contribution is 0.0841. The minimum absolute atomic E-state index is 0.0678. The van der Waals surface area contributed by atoms with Gasteiger partial charge in [-0.25, -0.2) is 15.0 Å². The zero-order valence-electron chi connectivity index (χ0n) is 24.1. The standard InChI is InChI=1S/C28H52N5O5P/c1-2-3-4-5-6-7-8-9-10-11-12-13-14-15-16-17-19-36-21-22-38-39(34,35)25-37-20-18-33-24-32-26-27(29)30-23-31-28(26)33/h23-24H,2-22,25H2,1H3,(H,34,35)(H2,29,30,31). The van der Waals surface area contributed by atoms with Gasteiger partial charge in [-0.2, -0.15) is 0 Å². The fourth-order valence-electron chi connectivity index (χ4n) is 4.54. The number of ether oxygens (including phenoxy) is 2. The molecule has 0 bridgehead atoms. The zero-order valence-corrected chi connectivity index (χ0v) is 25.0. The first-order valence-electron chi connectivity index (χ1n) is 15.1. The van der Waals surface area contributed by atoms with Crippen LogP contribution < -0.4 is 5.73 Å². The maximum Gasteiger partial charge on any atom is 0.353 e. The van der Waals surface area contributed by atoms with Crippen molar-refractivity contribution in [3.63, 3.8) is 0 Å². The number of aromatic nitrogens is 4. The number of rotatable bonds is 26. The van der Waals surface area contributed by atoms with E-state index in [1.807, 2.05) is 0 Å². The summed E-state index contributed by atoms with van der Waals surface area (Å²) < 4.78 is 29.9. The third kappa shape index (κ3) is 15.7. The minimum atomic E-state index is -3.82. The van der Waals surface area contributed by atoms with Crippen LogP contribution in [0.5, 0.6) is 0 Å². The molecule has 1 atom stereocenters. The fourth-order valence-corrected chi connectivity index (χ4v) is 5.33. The van der Waals surface area contributed by atoms with Crippen molar-refractivity contribution in [3.05, 3.63) is 12.7 Å². The largest absolute Gasteiger partial charge is 0.382 e. The number of nitrogens with zero attached hydrogens (tertiary/aromatic N) is 4. The Morgan fingerprint density at radius 2 is 1.36 bits per heavy atom. The molecule has 2 aromatic heterocycles. The van der Waals surface area contributed by atoms with Crippen molar-refractivity contribution in [2.75, 3.05) is 38.5 Å². The highest BCUT2D eigenvalue weighted by Gasteiger charge is 2.19. The molecule has 0 aliphatic heterocycles. The molecule has 10 nitrogen and oxygen atoms in total. The summed E-state index contributed by atoms with van der Waals surface area (Å²) >= 11 is 0. The summed E-state index contributed by atoms with van der Waals surface area (Å²) in [4.78, 5) is 22.2. The maximum absolute atomic E-state index is 12.1. The van der Waals surface area contributed by atoms with Gasteiger partial charge in [-0.15, -0.1) is 0 Å².